The number of hydrogen-bond donors (Lipinski definition) is 3. The molecular weight excluding hydrogens is 246 g/mol. The van der Waals surface area contributed by atoms with Crippen molar-refractivity contribution in [2.75, 3.05) is 26.7 Å². The Morgan fingerprint density at radius 1 is 1.47 bits per heavy atom. The highest BCUT2D eigenvalue weighted by molar-refractivity contribution is 5.79. The Bertz CT molecular complexity index is 335. The summed E-state index contributed by atoms with van der Waals surface area (Å²) < 4.78 is 0. The van der Waals surface area contributed by atoms with Gasteiger partial charge in [-0.25, -0.2) is 4.79 Å². The van der Waals surface area contributed by atoms with Crippen molar-refractivity contribution in [2.45, 2.75) is 39.2 Å². The van der Waals surface area contributed by atoms with E-state index in [1.807, 2.05) is 7.05 Å². The van der Waals surface area contributed by atoms with Crippen LogP contribution in [0.1, 0.15) is 33.1 Å². The minimum atomic E-state index is -0.836. The number of nitrogens with zero attached hydrogens (tertiary/aromatic N) is 1. The molecule has 1 aliphatic rings. The average molecular weight is 271 g/mol. The van der Waals surface area contributed by atoms with Gasteiger partial charge in [0.1, 0.15) is 0 Å². The summed E-state index contributed by atoms with van der Waals surface area (Å²) >= 11 is 0. The molecule has 2 amide bonds. The van der Waals surface area contributed by atoms with Gasteiger partial charge >= 0.3 is 12.0 Å². The lowest BCUT2D eigenvalue weighted by Crippen LogP contribution is -2.51. The Labute approximate surface area is 114 Å². The van der Waals surface area contributed by atoms with Crippen molar-refractivity contribution < 1.29 is 14.7 Å². The van der Waals surface area contributed by atoms with E-state index in [2.05, 4.69) is 22.5 Å². The normalized spacial score (nSPS) is 26.4. The molecule has 0 spiro atoms. The average Bonchev–Trinajstić information content (AvgIpc) is 2.72. The number of amides is 2. The van der Waals surface area contributed by atoms with Gasteiger partial charge in [0, 0.05) is 19.1 Å². The molecule has 6 heteroatoms. The molecule has 3 N–H and O–H groups in total. The van der Waals surface area contributed by atoms with Gasteiger partial charge in [-0.2, -0.15) is 0 Å². The van der Waals surface area contributed by atoms with Gasteiger partial charge in [0.2, 0.25) is 0 Å². The molecule has 0 bridgehead atoms. The molecule has 0 heterocycles. The molecule has 1 saturated carbocycles. The summed E-state index contributed by atoms with van der Waals surface area (Å²) in [4.78, 5) is 25.1. The van der Waals surface area contributed by atoms with Crippen LogP contribution in [0.4, 0.5) is 4.79 Å². The van der Waals surface area contributed by atoms with Crippen LogP contribution in [0.25, 0.3) is 0 Å². The van der Waals surface area contributed by atoms with Gasteiger partial charge in [-0.1, -0.05) is 13.3 Å². The Balaban J connectivity index is 2.38. The zero-order chi connectivity index (χ0) is 14.5. The third-order valence-electron chi connectivity index (χ3n) is 4.07. The largest absolute Gasteiger partial charge is 0.481 e. The van der Waals surface area contributed by atoms with E-state index in [1.165, 1.54) is 0 Å². The van der Waals surface area contributed by atoms with Crippen LogP contribution in [0, 0.1) is 5.41 Å². The van der Waals surface area contributed by atoms with E-state index in [0.717, 1.165) is 25.9 Å². The van der Waals surface area contributed by atoms with Crippen LogP contribution in [-0.4, -0.2) is 54.7 Å². The van der Waals surface area contributed by atoms with Crippen molar-refractivity contribution in [1.82, 2.24) is 15.5 Å². The highest BCUT2D eigenvalue weighted by atomic mass is 16.4. The predicted molar refractivity (Wildman–Crippen MR) is 73.1 cm³/mol. The first-order valence-electron chi connectivity index (χ1n) is 6.86. The number of carbonyl (C=O) groups excluding carboxylic acids is 1. The van der Waals surface area contributed by atoms with Gasteiger partial charge in [-0.3, -0.25) is 4.79 Å². The maximum atomic E-state index is 11.7. The van der Waals surface area contributed by atoms with Crippen molar-refractivity contribution in [2.24, 2.45) is 5.41 Å². The summed E-state index contributed by atoms with van der Waals surface area (Å²) in [5.41, 5.74) is -0.836. The zero-order valence-corrected chi connectivity index (χ0v) is 12.0. The summed E-state index contributed by atoms with van der Waals surface area (Å²) in [5.74, 6) is -0.832. The Hall–Kier alpha value is -1.30. The molecule has 0 saturated heterocycles. The summed E-state index contributed by atoms with van der Waals surface area (Å²) in [6, 6.07) is -0.558. The van der Waals surface area contributed by atoms with Gasteiger partial charge < -0.3 is 20.6 Å². The van der Waals surface area contributed by atoms with E-state index < -0.39 is 11.4 Å². The van der Waals surface area contributed by atoms with Crippen LogP contribution in [0.5, 0.6) is 0 Å². The first-order chi connectivity index (χ1) is 8.90. The van der Waals surface area contributed by atoms with E-state index in [-0.39, 0.29) is 12.1 Å². The number of likely N-dealkylation sites (N-methyl/N-ethyl adjacent to an activating group) is 1. The second-order valence-electron chi connectivity index (χ2n) is 5.46. The molecule has 2 atom stereocenters. The van der Waals surface area contributed by atoms with Crippen LogP contribution in [-0.2, 0) is 4.79 Å². The summed E-state index contributed by atoms with van der Waals surface area (Å²) in [7, 11) is 1.98. The molecule has 0 radical (unpaired) electrons. The van der Waals surface area contributed by atoms with Crippen molar-refractivity contribution >= 4 is 12.0 Å². The van der Waals surface area contributed by atoms with Crippen LogP contribution in [0.15, 0.2) is 0 Å². The molecule has 6 nitrogen and oxygen atoms in total. The second-order valence-corrected chi connectivity index (χ2v) is 5.46. The quantitative estimate of drug-likeness (QED) is 0.670. The molecule has 0 aromatic carbocycles. The van der Waals surface area contributed by atoms with Crippen molar-refractivity contribution in [3.63, 3.8) is 0 Å². The van der Waals surface area contributed by atoms with Gasteiger partial charge in [-0.05, 0) is 33.4 Å². The molecule has 1 fully saturated rings. The first-order valence-corrected chi connectivity index (χ1v) is 6.86. The monoisotopic (exact) mass is 271 g/mol. The standard InChI is InChI=1S/C13H25N3O3/c1-4-16(3)9-8-14-12(19)15-10-6-5-7-13(10,2)11(17)18/h10H,4-9H2,1-3H3,(H,17,18)(H2,14,15,19). The molecule has 1 aliphatic carbocycles. The lowest BCUT2D eigenvalue weighted by atomic mass is 9.85. The predicted octanol–water partition coefficient (Wildman–Crippen LogP) is 0.881. The van der Waals surface area contributed by atoms with E-state index in [1.54, 1.807) is 6.92 Å². The molecule has 2 unspecified atom stereocenters. The number of carboxylic acid groups (broad SMARTS) is 1. The maximum absolute atomic E-state index is 11.7. The van der Waals surface area contributed by atoms with Gasteiger partial charge in [-0.15, -0.1) is 0 Å². The number of aliphatic carboxylic acids is 1. The smallest absolute Gasteiger partial charge is 0.315 e. The third kappa shape index (κ3) is 4.09. The fraction of sp³-hybridized carbons (Fsp3) is 0.846. The van der Waals surface area contributed by atoms with E-state index in [0.29, 0.717) is 13.0 Å². The van der Waals surface area contributed by atoms with Crippen molar-refractivity contribution in [3.8, 4) is 0 Å². The summed E-state index contributed by atoms with van der Waals surface area (Å²) in [5, 5.41) is 14.8. The zero-order valence-electron chi connectivity index (χ0n) is 12.0. The molecule has 1 rings (SSSR count). The summed E-state index contributed by atoms with van der Waals surface area (Å²) in [6.07, 6.45) is 2.18. The van der Waals surface area contributed by atoms with E-state index in [9.17, 15) is 14.7 Å². The van der Waals surface area contributed by atoms with Crippen LogP contribution in [0.2, 0.25) is 0 Å². The third-order valence-corrected chi connectivity index (χ3v) is 4.07. The van der Waals surface area contributed by atoms with Crippen molar-refractivity contribution in [3.05, 3.63) is 0 Å². The number of hydrogen-bond acceptors (Lipinski definition) is 3. The van der Waals surface area contributed by atoms with Crippen LogP contribution in [0.3, 0.4) is 0 Å². The SMILES string of the molecule is CCN(C)CCNC(=O)NC1CCCC1(C)C(=O)O. The fourth-order valence-corrected chi connectivity index (χ4v) is 2.38. The maximum Gasteiger partial charge on any atom is 0.315 e. The molecular formula is C13H25N3O3. The number of carboxylic acids is 1. The first kappa shape index (κ1) is 15.8. The number of nitrogens with one attached hydrogen (secondary N) is 2. The highest BCUT2D eigenvalue weighted by Gasteiger charge is 2.45. The van der Waals surface area contributed by atoms with E-state index >= 15 is 0 Å². The Morgan fingerprint density at radius 2 is 2.16 bits per heavy atom. The molecule has 110 valence electrons. The second kappa shape index (κ2) is 6.75. The fourth-order valence-electron chi connectivity index (χ4n) is 2.38. The molecule has 0 aromatic heterocycles. The summed E-state index contributed by atoms with van der Waals surface area (Å²) in [6.45, 7) is 6.04. The number of rotatable bonds is 6. The van der Waals surface area contributed by atoms with Gasteiger partial charge in [0.15, 0.2) is 0 Å². The lowest BCUT2D eigenvalue weighted by Gasteiger charge is -2.27. The van der Waals surface area contributed by atoms with Gasteiger partial charge in [0.05, 0.1) is 5.41 Å². The van der Waals surface area contributed by atoms with Crippen LogP contribution >= 0.6 is 0 Å². The molecule has 0 aromatic rings. The highest BCUT2D eigenvalue weighted by Crippen LogP contribution is 2.38. The molecule has 19 heavy (non-hydrogen) atoms. The minimum absolute atomic E-state index is 0.274. The number of carbonyl (C=O) groups is 2. The van der Waals surface area contributed by atoms with Crippen molar-refractivity contribution in [1.29, 1.82) is 0 Å². The van der Waals surface area contributed by atoms with Crippen LogP contribution < -0.4 is 10.6 Å². The Kier molecular flexibility index (Phi) is 5.60. The topological polar surface area (TPSA) is 81.7 Å². The van der Waals surface area contributed by atoms with Gasteiger partial charge in [0.25, 0.3) is 0 Å². The number of urea groups is 1. The molecule has 0 aliphatic heterocycles. The Morgan fingerprint density at radius 3 is 2.74 bits per heavy atom. The lowest BCUT2D eigenvalue weighted by molar-refractivity contribution is -0.148. The minimum Gasteiger partial charge on any atom is -0.481 e. The van der Waals surface area contributed by atoms with E-state index in [4.69, 9.17) is 0 Å².